The molecule has 2 nitrogen and oxygen atoms in total. The number of aryl methyl sites for hydroxylation is 1. The Morgan fingerprint density at radius 1 is 1.05 bits per heavy atom. The first-order valence-electron chi connectivity index (χ1n) is 8.87. The molecule has 1 atom stereocenters. The van der Waals surface area contributed by atoms with Crippen molar-refractivity contribution in [1.29, 1.82) is 0 Å². The van der Waals surface area contributed by atoms with E-state index in [9.17, 15) is 0 Å². The topological polar surface area (TPSA) is 21.8 Å². The molecule has 1 aliphatic heterocycles. The van der Waals surface area contributed by atoms with Gasteiger partial charge in [-0.1, -0.05) is 56.9 Å². The van der Waals surface area contributed by atoms with Crippen LogP contribution >= 0.6 is 0 Å². The first-order chi connectivity index (χ1) is 10.9. The maximum atomic E-state index is 5.64. The van der Waals surface area contributed by atoms with Crippen LogP contribution in [0.25, 0.3) is 0 Å². The van der Waals surface area contributed by atoms with Crippen LogP contribution in [0.2, 0.25) is 0 Å². The lowest BCUT2D eigenvalue weighted by Gasteiger charge is -2.05. The summed E-state index contributed by atoms with van der Waals surface area (Å²) in [6, 6.07) is 8.47. The number of unbranched alkanes of at least 4 members (excludes halogenated alkanes) is 5. The van der Waals surface area contributed by atoms with Crippen LogP contribution in [0.3, 0.4) is 0 Å². The molecule has 0 aromatic heterocycles. The van der Waals surface area contributed by atoms with Crippen molar-refractivity contribution in [2.24, 2.45) is 0 Å². The summed E-state index contributed by atoms with van der Waals surface area (Å²) >= 11 is 0. The monoisotopic (exact) mass is 302 g/mol. The zero-order chi connectivity index (χ0) is 15.5. The minimum absolute atomic E-state index is 0.326. The molecular formula is C20H30O2. The summed E-state index contributed by atoms with van der Waals surface area (Å²) in [6.45, 7) is 3.80. The highest BCUT2D eigenvalue weighted by atomic mass is 16.6. The van der Waals surface area contributed by atoms with E-state index in [1.165, 1.54) is 44.1 Å². The van der Waals surface area contributed by atoms with Gasteiger partial charge in [-0.2, -0.15) is 0 Å². The molecule has 1 aromatic rings. The van der Waals surface area contributed by atoms with Gasteiger partial charge >= 0.3 is 0 Å². The number of rotatable bonds is 12. The molecule has 0 radical (unpaired) electrons. The lowest BCUT2D eigenvalue weighted by molar-refractivity contribution is 0.263. The molecule has 0 N–H and O–H groups in total. The number of benzene rings is 1. The Morgan fingerprint density at radius 2 is 1.77 bits per heavy atom. The molecule has 1 aromatic carbocycles. The molecule has 1 aliphatic rings. The van der Waals surface area contributed by atoms with Gasteiger partial charge in [0.15, 0.2) is 0 Å². The van der Waals surface area contributed by atoms with E-state index < -0.39 is 0 Å². The number of epoxide rings is 1. The van der Waals surface area contributed by atoms with Crippen molar-refractivity contribution in [2.45, 2.75) is 64.4 Å². The van der Waals surface area contributed by atoms with Crippen LogP contribution in [0.1, 0.15) is 57.4 Å². The van der Waals surface area contributed by atoms with Crippen LogP contribution in [0.15, 0.2) is 36.4 Å². The average Bonchev–Trinajstić information content (AvgIpc) is 3.37. The molecule has 1 heterocycles. The zero-order valence-corrected chi connectivity index (χ0v) is 13.9. The largest absolute Gasteiger partial charge is 0.491 e. The molecule has 1 unspecified atom stereocenters. The van der Waals surface area contributed by atoms with Gasteiger partial charge in [0.1, 0.15) is 18.5 Å². The first-order valence-corrected chi connectivity index (χ1v) is 8.87. The highest BCUT2D eigenvalue weighted by molar-refractivity contribution is 5.27. The third-order valence-electron chi connectivity index (χ3n) is 4.00. The van der Waals surface area contributed by atoms with Gasteiger partial charge in [0.25, 0.3) is 0 Å². The summed E-state index contributed by atoms with van der Waals surface area (Å²) < 4.78 is 10.8. The fourth-order valence-electron chi connectivity index (χ4n) is 2.46. The number of hydrogen-bond donors (Lipinski definition) is 0. The minimum atomic E-state index is 0.326. The molecule has 0 aliphatic carbocycles. The lowest BCUT2D eigenvalue weighted by Crippen LogP contribution is -2.03. The van der Waals surface area contributed by atoms with Gasteiger partial charge in [-0.05, 0) is 43.4 Å². The van der Waals surface area contributed by atoms with Crippen LogP contribution in [-0.4, -0.2) is 19.3 Å². The summed E-state index contributed by atoms with van der Waals surface area (Å²) in [5.74, 6) is 0.946. The molecule has 0 amide bonds. The van der Waals surface area contributed by atoms with E-state index in [0.29, 0.717) is 12.7 Å². The van der Waals surface area contributed by atoms with E-state index in [0.717, 1.165) is 25.2 Å². The fraction of sp³-hybridized carbons (Fsp3) is 0.600. The van der Waals surface area contributed by atoms with Crippen molar-refractivity contribution in [3.63, 3.8) is 0 Å². The molecule has 22 heavy (non-hydrogen) atoms. The van der Waals surface area contributed by atoms with Crippen molar-refractivity contribution in [3.05, 3.63) is 42.0 Å². The van der Waals surface area contributed by atoms with E-state index in [-0.39, 0.29) is 0 Å². The van der Waals surface area contributed by atoms with Crippen molar-refractivity contribution < 1.29 is 9.47 Å². The predicted molar refractivity (Wildman–Crippen MR) is 92.5 cm³/mol. The highest BCUT2D eigenvalue weighted by Crippen LogP contribution is 2.16. The Morgan fingerprint density at radius 3 is 2.50 bits per heavy atom. The van der Waals surface area contributed by atoms with Crippen LogP contribution in [-0.2, 0) is 11.2 Å². The summed E-state index contributed by atoms with van der Waals surface area (Å²) in [4.78, 5) is 0. The van der Waals surface area contributed by atoms with Gasteiger partial charge in [-0.3, -0.25) is 0 Å². The summed E-state index contributed by atoms with van der Waals surface area (Å²) in [6.07, 6.45) is 15.3. The van der Waals surface area contributed by atoms with E-state index in [4.69, 9.17) is 9.47 Å². The second-order valence-corrected chi connectivity index (χ2v) is 6.12. The molecule has 0 saturated carbocycles. The van der Waals surface area contributed by atoms with E-state index >= 15 is 0 Å². The Balaban J connectivity index is 1.52. The lowest BCUT2D eigenvalue weighted by atomic mass is 10.1. The number of allylic oxidation sites excluding steroid dienone is 2. The van der Waals surface area contributed by atoms with Gasteiger partial charge < -0.3 is 9.47 Å². The molecule has 2 rings (SSSR count). The van der Waals surface area contributed by atoms with Gasteiger partial charge in [-0.25, -0.2) is 0 Å². The maximum absolute atomic E-state index is 5.64. The predicted octanol–water partition coefficient (Wildman–Crippen LogP) is 5.31. The van der Waals surface area contributed by atoms with Gasteiger partial charge in [0.05, 0.1) is 6.61 Å². The Labute approximate surface area is 135 Å². The Kier molecular flexibility index (Phi) is 8.11. The molecule has 1 fully saturated rings. The summed E-state index contributed by atoms with van der Waals surface area (Å²) in [5, 5.41) is 0. The third-order valence-corrected chi connectivity index (χ3v) is 4.00. The second kappa shape index (κ2) is 10.4. The van der Waals surface area contributed by atoms with Crippen LogP contribution < -0.4 is 4.74 Å². The zero-order valence-electron chi connectivity index (χ0n) is 13.9. The van der Waals surface area contributed by atoms with Crippen molar-refractivity contribution >= 4 is 0 Å². The van der Waals surface area contributed by atoms with Crippen molar-refractivity contribution in [2.75, 3.05) is 13.2 Å². The maximum Gasteiger partial charge on any atom is 0.119 e. The van der Waals surface area contributed by atoms with E-state index in [1.54, 1.807) is 0 Å². The van der Waals surface area contributed by atoms with E-state index in [2.05, 4.69) is 43.3 Å². The van der Waals surface area contributed by atoms with E-state index in [1.807, 2.05) is 0 Å². The standard InChI is InChI=1S/C20H30O2/c1-2-3-4-5-6-7-8-9-10-11-18-12-14-19(15-13-18)21-16-20-17-22-20/h8-9,12-15,20H,2-7,10-11,16-17H2,1H3/b9-8+. The Bertz CT molecular complexity index is 418. The normalized spacial score (nSPS) is 17.0. The first kappa shape index (κ1) is 17.1. The van der Waals surface area contributed by atoms with Gasteiger partial charge in [0.2, 0.25) is 0 Å². The van der Waals surface area contributed by atoms with Crippen LogP contribution in [0.4, 0.5) is 0 Å². The summed E-state index contributed by atoms with van der Waals surface area (Å²) in [5.41, 5.74) is 1.38. The quantitative estimate of drug-likeness (QED) is 0.296. The van der Waals surface area contributed by atoms with Gasteiger partial charge in [-0.15, -0.1) is 0 Å². The van der Waals surface area contributed by atoms with Gasteiger partial charge in [0, 0.05) is 0 Å². The van der Waals surface area contributed by atoms with Crippen molar-refractivity contribution in [3.8, 4) is 5.75 Å². The van der Waals surface area contributed by atoms with Crippen LogP contribution in [0, 0.1) is 0 Å². The number of ether oxygens (including phenoxy) is 2. The third kappa shape index (κ3) is 7.65. The SMILES string of the molecule is CCCCCCC/C=C/CCc1ccc(OCC2CO2)cc1. The molecule has 122 valence electrons. The fourth-order valence-corrected chi connectivity index (χ4v) is 2.46. The second-order valence-electron chi connectivity index (χ2n) is 6.12. The Hall–Kier alpha value is -1.28. The molecule has 0 spiro atoms. The smallest absolute Gasteiger partial charge is 0.119 e. The molecular weight excluding hydrogens is 272 g/mol. The van der Waals surface area contributed by atoms with Crippen molar-refractivity contribution in [1.82, 2.24) is 0 Å². The number of hydrogen-bond acceptors (Lipinski definition) is 2. The molecule has 0 bridgehead atoms. The molecule has 1 saturated heterocycles. The summed E-state index contributed by atoms with van der Waals surface area (Å²) in [7, 11) is 0. The minimum Gasteiger partial charge on any atom is -0.491 e. The average molecular weight is 302 g/mol. The van der Waals surface area contributed by atoms with Crippen LogP contribution in [0.5, 0.6) is 5.75 Å². The highest BCUT2D eigenvalue weighted by Gasteiger charge is 2.22. The molecule has 2 heteroatoms.